The Balaban J connectivity index is 2.16. The molecule has 0 fully saturated rings. The summed E-state index contributed by atoms with van der Waals surface area (Å²) < 4.78 is 4.59. The Hall–Kier alpha value is -2.60. The lowest BCUT2D eigenvalue weighted by Gasteiger charge is -2.08. The Kier molecular flexibility index (Phi) is 4.95. The van der Waals surface area contributed by atoms with E-state index in [1.165, 1.54) is 19.2 Å². The van der Waals surface area contributed by atoms with E-state index in [1.807, 2.05) is 6.07 Å². The number of pyridine rings is 1. The number of aromatic hydroxyl groups is 1. The minimum Gasteiger partial charge on any atom is -0.505 e. The fraction of sp³-hybridized carbons (Fsp3) is 0.133. The van der Waals surface area contributed by atoms with Gasteiger partial charge in [0.15, 0.2) is 12.4 Å². The number of nitrogens with one attached hydrogen (secondary N) is 1. The molecule has 0 aliphatic rings. The van der Waals surface area contributed by atoms with Crippen LogP contribution in [0.2, 0.25) is 5.02 Å². The minimum atomic E-state index is -0.642. The van der Waals surface area contributed by atoms with Crippen LogP contribution in [0.3, 0.4) is 0 Å². The molecule has 2 aromatic rings. The molecule has 2 rings (SSSR count). The number of ether oxygens (including phenoxy) is 1. The van der Waals surface area contributed by atoms with Gasteiger partial charge < -0.3 is 15.2 Å². The molecular formula is C15H13ClN2O4. The first-order valence-electron chi connectivity index (χ1n) is 6.34. The highest BCUT2D eigenvalue weighted by Gasteiger charge is 2.14. The molecule has 114 valence electrons. The molecule has 1 aromatic heterocycles. The number of hydrogen-bond donors (Lipinski definition) is 2. The lowest BCUT2D eigenvalue weighted by atomic mass is 10.1. The molecular weight excluding hydrogens is 308 g/mol. The molecule has 1 aromatic carbocycles. The molecule has 0 saturated heterocycles. The van der Waals surface area contributed by atoms with E-state index in [4.69, 9.17) is 11.6 Å². The molecule has 0 atom stereocenters. The standard InChI is InChI=1S/C15H13ClN2O4/c1-9(19)22-8-18-15(21)14-13(20)6-11(7-17-14)10-3-2-4-12(16)5-10/h2-7,20H,8H2,1H3,(H,18,21). The smallest absolute Gasteiger partial charge is 0.304 e. The van der Waals surface area contributed by atoms with Crippen molar-refractivity contribution in [1.29, 1.82) is 0 Å². The highest BCUT2D eigenvalue weighted by atomic mass is 35.5. The third kappa shape index (κ3) is 3.95. The van der Waals surface area contributed by atoms with Crippen LogP contribution >= 0.6 is 11.6 Å². The van der Waals surface area contributed by atoms with Crippen molar-refractivity contribution in [3.8, 4) is 16.9 Å². The Morgan fingerprint density at radius 2 is 2.09 bits per heavy atom. The number of hydrogen-bond acceptors (Lipinski definition) is 5. The maximum atomic E-state index is 11.8. The number of amides is 1. The van der Waals surface area contributed by atoms with Crippen molar-refractivity contribution < 1.29 is 19.4 Å². The first-order chi connectivity index (χ1) is 10.5. The van der Waals surface area contributed by atoms with Gasteiger partial charge in [-0.15, -0.1) is 0 Å². The summed E-state index contributed by atoms with van der Waals surface area (Å²) in [6.45, 7) is 0.937. The summed E-state index contributed by atoms with van der Waals surface area (Å²) in [6, 6.07) is 8.45. The molecule has 0 spiro atoms. The second-order valence-corrected chi connectivity index (χ2v) is 4.82. The average Bonchev–Trinajstić information content (AvgIpc) is 2.46. The molecule has 0 unspecified atom stereocenters. The molecule has 1 amide bonds. The van der Waals surface area contributed by atoms with E-state index in [-0.39, 0.29) is 18.2 Å². The molecule has 7 heteroatoms. The Morgan fingerprint density at radius 3 is 2.73 bits per heavy atom. The Morgan fingerprint density at radius 1 is 1.32 bits per heavy atom. The van der Waals surface area contributed by atoms with E-state index < -0.39 is 11.9 Å². The van der Waals surface area contributed by atoms with E-state index in [1.54, 1.807) is 18.2 Å². The van der Waals surface area contributed by atoms with Gasteiger partial charge in [-0.1, -0.05) is 23.7 Å². The first kappa shape index (κ1) is 15.8. The summed E-state index contributed by atoms with van der Waals surface area (Å²) >= 11 is 5.91. The fourth-order valence-corrected chi connectivity index (χ4v) is 1.93. The lowest BCUT2D eigenvalue weighted by molar-refractivity contribution is -0.141. The van der Waals surface area contributed by atoms with Crippen LogP contribution in [-0.4, -0.2) is 28.7 Å². The normalized spacial score (nSPS) is 10.1. The van der Waals surface area contributed by atoms with Crippen LogP contribution < -0.4 is 5.32 Å². The molecule has 0 aliphatic heterocycles. The van der Waals surface area contributed by atoms with Crippen molar-refractivity contribution in [2.75, 3.05) is 6.73 Å². The van der Waals surface area contributed by atoms with Gasteiger partial charge in [0, 0.05) is 23.7 Å². The Labute approximate surface area is 131 Å². The number of esters is 1. The van der Waals surface area contributed by atoms with Crippen molar-refractivity contribution in [1.82, 2.24) is 10.3 Å². The number of carbonyl (C=O) groups excluding carboxylic acids is 2. The van der Waals surface area contributed by atoms with E-state index in [0.717, 1.165) is 5.56 Å². The van der Waals surface area contributed by atoms with E-state index in [0.29, 0.717) is 10.6 Å². The van der Waals surface area contributed by atoms with Crippen molar-refractivity contribution >= 4 is 23.5 Å². The minimum absolute atomic E-state index is 0.155. The summed E-state index contributed by atoms with van der Waals surface area (Å²) in [5.41, 5.74) is 1.23. The second-order valence-electron chi connectivity index (χ2n) is 4.39. The third-order valence-electron chi connectivity index (χ3n) is 2.75. The van der Waals surface area contributed by atoms with Gasteiger partial charge in [0.2, 0.25) is 0 Å². The van der Waals surface area contributed by atoms with Crippen molar-refractivity contribution in [2.24, 2.45) is 0 Å². The number of carbonyl (C=O) groups is 2. The lowest BCUT2D eigenvalue weighted by Crippen LogP contribution is -2.27. The van der Waals surface area contributed by atoms with Gasteiger partial charge in [-0.05, 0) is 23.8 Å². The highest BCUT2D eigenvalue weighted by Crippen LogP contribution is 2.26. The third-order valence-corrected chi connectivity index (χ3v) is 2.98. The van der Waals surface area contributed by atoms with Crippen LogP contribution in [0.1, 0.15) is 17.4 Å². The number of rotatable bonds is 4. The van der Waals surface area contributed by atoms with Crippen molar-refractivity contribution in [3.63, 3.8) is 0 Å². The zero-order valence-electron chi connectivity index (χ0n) is 11.7. The molecule has 6 nitrogen and oxygen atoms in total. The SMILES string of the molecule is CC(=O)OCNC(=O)c1ncc(-c2cccc(Cl)c2)cc1O. The topological polar surface area (TPSA) is 88.5 Å². The zero-order valence-corrected chi connectivity index (χ0v) is 12.4. The van der Waals surface area contributed by atoms with Crippen LogP contribution in [0.25, 0.3) is 11.1 Å². The fourth-order valence-electron chi connectivity index (χ4n) is 1.74. The van der Waals surface area contributed by atoms with Gasteiger partial charge in [-0.25, -0.2) is 4.98 Å². The molecule has 0 aliphatic carbocycles. The maximum Gasteiger partial charge on any atom is 0.304 e. The van der Waals surface area contributed by atoms with Crippen LogP contribution in [0, 0.1) is 0 Å². The molecule has 1 heterocycles. The van der Waals surface area contributed by atoms with Crippen molar-refractivity contribution in [2.45, 2.75) is 6.92 Å². The van der Waals surface area contributed by atoms with Crippen LogP contribution in [0.15, 0.2) is 36.5 Å². The number of halogens is 1. The van der Waals surface area contributed by atoms with Crippen LogP contribution in [0.5, 0.6) is 5.75 Å². The zero-order chi connectivity index (χ0) is 16.1. The number of aromatic nitrogens is 1. The first-order valence-corrected chi connectivity index (χ1v) is 6.71. The predicted octanol–water partition coefficient (Wildman–Crippen LogP) is 2.36. The molecule has 0 radical (unpaired) electrons. The maximum absolute atomic E-state index is 11.8. The molecule has 22 heavy (non-hydrogen) atoms. The Bertz CT molecular complexity index is 718. The second kappa shape index (κ2) is 6.91. The summed E-state index contributed by atoms with van der Waals surface area (Å²) in [7, 11) is 0. The quantitative estimate of drug-likeness (QED) is 0.667. The highest BCUT2D eigenvalue weighted by molar-refractivity contribution is 6.30. The van der Waals surface area contributed by atoms with Gasteiger partial charge >= 0.3 is 5.97 Å². The van der Waals surface area contributed by atoms with E-state index in [2.05, 4.69) is 15.0 Å². The van der Waals surface area contributed by atoms with E-state index in [9.17, 15) is 14.7 Å². The van der Waals surface area contributed by atoms with Gasteiger partial charge in [-0.3, -0.25) is 9.59 Å². The number of nitrogens with zero attached hydrogens (tertiary/aromatic N) is 1. The van der Waals surface area contributed by atoms with E-state index >= 15 is 0 Å². The van der Waals surface area contributed by atoms with Crippen LogP contribution in [-0.2, 0) is 9.53 Å². The van der Waals surface area contributed by atoms with Gasteiger partial charge in [0.05, 0.1) is 0 Å². The van der Waals surface area contributed by atoms with Gasteiger partial charge in [0.1, 0.15) is 5.75 Å². The van der Waals surface area contributed by atoms with Gasteiger partial charge in [-0.2, -0.15) is 0 Å². The summed E-state index contributed by atoms with van der Waals surface area (Å²) in [5, 5.41) is 12.8. The average molecular weight is 321 g/mol. The summed E-state index contributed by atoms with van der Waals surface area (Å²) in [5.74, 6) is -1.44. The number of benzene rings is 1. The summed E-state index contributed by atoms with van der Waals surface area (Å²) in [6.07, 6.45) is 1.45. The summed E-state index contributed by atoms with van der Waals surface area (Å²) in [4.78, 5) is 26.3. The molecule has 0 saturated carbocycles. The molecule has 2 N–H and O–H groups in total. The van der Waals surface area contributed by atoms with Crippen molar-refractivity contribution in [3.05, 3.63) is 47.2 Å². The van der Waals surface area contributed by atoms with Crippen LogP contribution in [0.4, 0.5) is 0 Å². The van der Waals surface area contributed by atoms with Gasteiger partial charge in [0.25, 0.3) is 5.91 Å². The largest absolute Gasteiger partial charge is 0.505 e. The predicted molar refractivity (Wildman–Crippen MR) is 80.4 cm³/mol. The monoisotopic (exact) mass is 320 g/mol. The molecule has 0 bridgehead atoms.